The lowest BCUT2D eigenvalue weighted by atomic mass is 10.0. The van der Waals surface area contributed by atoms with E-state index < -0.39 is 23.6 Å². The molecule has 2 aromatic carbocycles. The van der Waals surface area contributed by atoms with E-state index in [-0.39, 0.29) is 102 Å². The third-order valence-electron chi connectivity index (χ3n) is 13.3. The van der Waals surface area contributed by atoms with Crippen LogP contribution in [0.5, 0.6) is 17.4 Å². The monoisotopic (exact) mass is 1120 g/mol. The van der Waals surface area contributed by atoms with Crippen molar-refractivity contribution < 1.29 is 52.0 Å². The van der Waals surface area contributed by atoms with Crippen molar-refractivity contribution in [3.63, 3.8) is 0 Å². The molecule has 22 nitrogen and oxygen atoms in total. The highest BCUT2D eigenvalue weighted by Gasteiger charge is 2.30. The first-order valence-corrected chi connectivity index (χ1v) is 26.1. The molecule has 0 bridgehead atoms. The van der Waals surface area contributed by atoms with Gasteiger partial charge in [-0.3, -0.25) is 9.59 Å². The second-order valence-corrected chi connectivity index (χ2v) is 19.4. The lowest BCUT2D eigenvalue weighted by molar-refractivity contribution is -0.138. The highest BCUT2D eigenvalue weighted by atomic mass is 35.5. The fourth-order valence-electron chi connectivity index (χ4n) is 9.14. The van der Waals surface area contributed by atoms with Gasteiger partial charge in [-0.05, 0) is 57.2 Å². The van der Waals surface area contributed by atoms with Crippen LogP contribution in [0.4, 0.5) is 20.4 Å². The Kier molecular flexibility index (Phi) is 18.3. The molecule has 0 unspecified atom stereocenters. The lowest BCUT2D eigenvalue weighted by Crippen LogP contribution is -2.55. The van der Waals surface area contributed by atoms with Crippen LogP contribution in [0.1, 0.15) is 65.6 Å². The molecule has 416 valence electrons. The molecule has 2 aliphatic heterocycles. The number of carbonyl (C=O) groups is 3. The topological polar surface area (TPSA) is 258 Å². The molecule has 7 aromatic rings. The van der Waals surface area contributed by atoms with E-state index in [4.69, 9.17) is 40.4 Å². The second-order valence-electron chi connectivity index (χ2n) is 19.0. The number of carboxylic acid groups (broad SMARTS) is 1. The van der Waals surface area contributed by atoms with Gasteiger partial charge in [0, 0.05) is 99.5 Å². The molecule has 2 N–H and O–H groups in total. The molecule has 0 radical (unpaired) electrons. The Bertz CT molecular complexity index is 3380. The maximum Gasteiger partial charge on any atom is 0.337 e. The van der Waals surface area contributed by atoms with Crippen LogP contribution >= 0.6 is 11.6 Å². The number of pyridine rings is 3. The van der Waals surface area contributed by atoms with E-state index in [1.165, 1.54) is 59.7 Å². The molecule has 2 atom stereocenters. The number of aryl methyl sites for hydroxylation is 1. The molecule has 2 amide bonds. The fraction of sp³-hybridized carbons (Fsp3) is 0.364. The number of hydrogen-bond acceptors (Lipinski definition) is 18. The van der Waals surface area contributed by atoms with Gasteiger partial charge in [-0.25, -0.2) is 43.2 Å². The van der Waals surface area contributed by atoms with Crippen molar-refractivity contribution in [2.75, 3.05) is 76.0 Å². The van der Waals surface area contributed by atoms with Crippen LogP contribution in [0.25, 0.3) is 22.3 Å². The van der Waals surface area contributed by atoms with Crippen LogP contribution in [0.2, 0.25) is 5.02 Å². The van der Waals surface area contributed by atoms with Crippen molar-refractivity contribution in [3.05, 3.63) is 130 Å². The number of nitriles is 1. The Labute approximate surface area is 463 Å². The van der Waals surface area contributed by atoms with Crippen molar-refractivity contribution in [1.29, 1.82) is 5.26 Å². The summed E-state index contributed by atoms with van der Waals surface area (Å²) in [6, 6.07) is 16.5. The number of amides is 2. The minimum Gasteiger partial charge on any atom is -0.490 e. The molecule has 0 saturated carbocycles. The first-order valence-electron chi connectivity index (χ1n) is 25.7. The standard InChI is InChI=1S/C55H56ClF2N13O9/c1-33-28-69(55-61-26-38(27-62-55)51-45(58)23-46-52(65-51)53(50(56)35(3)63-46)64-34(2)43-21-36(24-59)7-9-44(43)57)15-16-71(33)48(72)30-70-29-39(66-67-70)31-77-19-17-76-18-20-78-32-49(73)68-13-11-40(12-14-68)79-41-5-4-6-42(22-41)80-47-10-8-37(25-60-47)54(74)75/h4-10,21-23,25-27,29,33-34,40H,11-20,28,30-32H2,1-3H3,(H,63,64)(H,74,75)/t33-,34-/m1/s1. The van der Waals surface area contributed by atoms with Gasteiger partial charge in [-0.15, -0.1) is 5.10 Å². The van der Waals surface area contributed by atoms with E-state index in [0.29, 0.717) is 97.8 Å². The summed E-state index contributed by atoms with van der Waals surface area (Å²) in [5, 5.41) is 30.1. The van der Waals surface area contributed by atoms with Gasteiger partial charge in [0.15, 0.2) is 5.82 Å². The average Bonchev–Trinajstić information content (AvgIpc) is 3.91. The van der Waals surface area contributed by atoms with E-state index in [1.807, 2.05) is 24.0 Å². The van der Waals surface area contributed by atoms with Crippen LogP contribution in [-0.4, -0.2) is 151 Å². The number of benzene rings is 2. The first kappa shape index (κ1) is 56.2. The zero-order chi connectivity index (χ0) is 56.3. The number of nitrogens with zero attached hydrogens (tertiary/aromatic N) is 12. The summed E-state index contributed by atoms with van der Waals surface area (Å²) in [4.78, 5) is 65.0. The van der Waals surface area contributed by atoms with Gasteiger partial charge in [0.25, 0.3) is 0 Å². The molecule has 2 aliphatic rings. The van der Waals surface area contributed by atoms with E-state index in [1.54, 1.807) is 48.0 Å². The molecular formula is C55H56ClF2N13O9. The number of hydrogen-bond donors (Lipinski definition) is 2. The van der Waals surface area contributed by atoms with Gasteiger partial charge in [0.1, 0.15) is 53.5 Å². The Morgan fingerprint density at radius 3 is 2.39 bits per heavy atom. The van der Waals surface area contributed by atoms with E-state index in [2.05, 4.69) is 40.5 Å². The number of carboxylic acids is 1. The van der Waals surface area contributed by atoms with Crippen LogP contribution < -0.4 is 19.7 Å². The van der Waals surface area contributed by atoms with Crippen LogP contribution in [0.3, 0.4) is 0 Å². The van der Waals surface area contributed by atoms with E-state index in [0.717, 1.165) is 0 Å². The molecule has 9 rings (SSSR count). The number of aromatic carboxylic acids is 1. The number of piperidine rings is 1. The summed E-state index contributed by atoms with van der Waals surface area (Å²) in [6.45, 7) is 8.82. The minimum absolute atomic E-state index is 0.0193. The number of piperazine rings is 1. The summed E-state index contributed by atoms with van der Waals surface area (Å²) < 4.78 is 60.8. The van der Waals surface area contributed by atoms with Gasteiger partial charge < -0.3 is 48.8 Å². The van der Waals surface area contributed by atoms with Gasteiger partial charge in [0.05, 0.1) is 84.4 Å². The summed E-state index contributed by atoms with van der Waals surface area (Å²) in [6.07, 6.45) is 7.05. The van der Waals surface area contributed by atoms with Crippen molar-refractivity contribution >= 4 is 52.1 Å². The molecule has 25 heteroatoms. The molecule has 7 heterocycles. The Morgan fingerprint density at radius 1 is 0.887 bits per heavy atom. The number of ether oxygens (including phenoxy) is 5. The highest BCUT2D eigenvalue weighted by Crippen LogP contribution is 2.37. The Hall–Kier alpha value is -8.50. The summed E-state index contributed by atoms with van der Waals surface area (Å²) in [5.41, 5.74) is 2.62. The minimum atomic E-state index is -1.07. The second kappa shape index (κ2) is 26.0. The SMILES string of the molecule is Cc1nc2cc(F)c(-c3cnc(N4CCN(C(=O)Cn5cc(COCCOCCOCC(=O)N6CCC(Oc7cccc(Oc8ccc(C(=O)O)cn8)c7)CC6)nn5)[C@H](C)C4)nc3)nc2c(N[C@H](C)c2cc(C#N)ccc2F)c1Cl. The Morgan fingerprint density at radius 2 is 1.65 bits per heavy atom. The molecule has 5 aromatic heterocycles. The number of halogens is 3. The third kappa shape index (κ3) is 14.0. The fourth-order valence-corrected chi connectivity index (χ4v) is 9.33. The summed E-state index contributed by atoms with van der Waals surface area (Å²) in [7, 11) is 0. The first-order chi connectivity index (χ1) is 38.7. The number of nitrogens with one attached hydrogen (secondary N) is 1. The van der Waals surface area contributed by atoms with E-state index >= 15 is 4.39 Å². The maximum absolute atomic E-state index is 15.7. The molecule has 0 aliphatic carbocycles. The molecule has 2 saturated heterocycles. The number of aromatic nitrogens is 8. The van der Waals surface area contributed by atoms with Crippen LogP contribution in [0, 0.1) is 29.9 Å². The molecular weight excluding hydrogens is 1060 g/mol. The number of fused-ring (bicyclic) bond motifs is 1. The number of carbonyl (C=O) groups excluding carboxylic acids is 2. The predicted octanol–water partition coefficient (Wildman–Crippen LogP) is 7.21. The highest BCUT2D eigenvalue weighted by molar-refractivity contribution is 6.35. The molecule has 0 spiro atoms. The normalized spacial score (nSPS) is 15.2. The largest absolute Gasteiger partial charge is 0.490 e. The van der Waals surface area contributed by atoms with Gasteiger partial charge >= 0.3 is 5.97 Å². The smallest absolute Gasteiger partial charge is 0.337 e. The zero-order valence-electron chi connectivity index (χ0n) is 43.9. The average molecular weight is 1120 g/mol. The summed E-state index contributed by atoms with van der Waals surface area (Å²) in [5.74, 6) is -0.727. The number of likely N-dealkylation sites (tertiary alicyclic amines) is 1. The van der Waals surface area contributed by atoms with Crippen molar-refractivity contribution in [2.45, 2.75) is 65.0 Å². The van der Waals surface area contributed by atoms with Crippen molar-refractivity contribution in [1.82, 2.24) is 49.7 Å². The third-order valence-corrected chi connectivity index (χ3v) is 13.8. The lowest BCUT2D eigenvalue weighted by Gasteiger charge is -2.39. The van der Waals surface area contributed by atoms with Crippen molar-refractivity contribution in [2.24, 2.45) is 0 Å². The predicted molar refractivity (Wildman–Crippen MR) is 286 cm³/mol. The quantitative estimate of drug-likeness (QED) is 0.0636. The zero-order valence-corrected chi connectivity index (χ0v) is 44.7. The van der Waals surface area contributed by atoms with E-state index in [9.17, 15) is 24.0 Å². The van der Waals surface area contributed by atoms with Gasteiger partial charge in [0.2, 0.25) is 23.6 Å². The van der Waals surface area contributed by atoms with Crippen LogP contribution in [0.15, 0.2) is 85.5 Å². The Balaban J connectivity index is 0.651. The number of anilines is 2. The number of rotatable bonds is 22. The van der Waals surface area contributed by atoms with Gasteiger partial charge in [-0.2, -0.15) is 5.26 Å². The van der Waals surface area contributed by atoms with Gasteiger partial charge in [-0.1, -0.05) is 22.9 Å². The summed E-state index contributed by atoms with van der Waals surface area (Å²) >= 11 is 6.72. The van der Waals surface area contributed by atoms with Crippen LogP contribution in [-0.2, 0) is 37.0 Å². The van der Waals surface area contributed by atoms with Crippen molar-refractivity contribution in [3.8, 4) is 34.7 Å². The molecule has 80 heavy (non-hydrogen) atoms. The molecule has 2 fully saturated rings. The maximum atomic E-state index is 15.7.